The highest BCUT2D eigenvalue weighted by Gasteiger charge is 2.20. The molecule has 0 aliphatic carbocycles. The standard InChI is InChI=1S/C26H37N3/c1-22-4-3-5-26(18-22)21-28-12-10-24(11-13-28)19-23-6-8-25(9-7-23)20-29-16-14-27(2)15-17-29/h3-9,18,24H,10-17,19-21H2,1-2H3. The second kappa shape index (κ2) is 9.88. The van der Waals surface area contributed by atoms with Gasteiger partial charge in [0.2, 0.25) is 0 Å². The molecule has 0 atom stereocenters. The molecule has 0 amide bonds. The van der Waals surface area contributed by atoms with Crippen molar-refractivity contribution in [1.82, 2.24) is 14.7 Å². The molecule has 29 heavy (non-hydrogen) atoms. The quantitative estimate of drug-likeness (QED) is 0.731. The van der Waals surface area contributed by atoms with E-state index in [0.29, 0.717) is 0 Å². The summed E-state index contributed by atoms with van der Waals surface area (Å²) in [6.07, 6.45) is 3.90. The SMILES string of the molecule is Cc1cccc(CN2CCC(Cc3ccc(CN4CCN(C)CC4)cc3)CC2)c1. The fourth-order valence-corrected chi connectivity index (χ4v) is 4.80. The normalized spacial score (nSPS) is 20.2. The Labute approximate surface area is 177 Å². The van der Waals surface area contributed by atoms with Crippen LogP contribution in [0.1, 0.15) is 35.1 Å². The molecule has 0 saturated carbocycles. The van der Waals surface area contributed by atoms with Crippen LogP contribution in [0.15, 0.2) is 48.5 Å². The van der Waals surface area contributed by atoms with Crippen molar-refractivity contribution in [2.75, 3.05) is 46.3 Å². The molecule has 3 heteroatoms. The van der Waals surface area contributed by atoms with Gasteiger partial charge in [-0.05, 0) is 68.9 Å². The van der Waals surface area contributed by atoms with Gasteiger partial charge in [-0.15, -0.1) is 0 Å². The lowest BCUT2D eigenvalue weighted by atomic mass is 9.89. The van der Waals surface area contributed by atoms with Gasteiger partial charge in [0, 0.05) is 39.3 Å². The zero-order valence-electron chi connectivity index (χ0n) is 18.3. The lowest BCUT2D eigenvalue weighted by molar-refractivity contribution is 0.148. The van der Waals surface area contributed by atoms with E-state index in [0.717, 1.165) is 19.0 Å². The Balaban J connectivity index is 1.21. The maximum Gasteiger partial charge on any atom is 0.0234 e. The van der Waals surface area contributed by atoms with Crippen LogP contribution in [0.25, 0.3) is 0 Å². The van der Waals surface area contributed by atoms with Gasteiger partial charge >= 0.3 is 0 Å². The van der Waals surface area contributed by atoms with E-state index in [1.807, 2.05) is 0 Å². The molecule has 2 aliphatic rings. The van der Waals surface area contributed by atoms with Gasteiger partial charge in [-0.3, -0.25) is 9.80 Å². The molecule has 2 aromatic rings. The third-order valence-corrected chi connectivity index (χ3v) is 6.75. The third kappa shape index (κ3) is 6.15. The first-order chi connectivity index (χ1) is 14.1. The van der Waals surface area contributed by atoms with E-state index >= 15 is 0 Å². The highest BCUT2D eigenvalue weighted by Crippen LogP contribution is 2.23. The minimum atomic E-state index is 0.840. The number of piperazine rings is 1. The van der Waals surface area contributed by atoms with Crippen molar-refractivity contribution in [2.45, 2.75) is 39.3 Å². The van der Waals surface area contributed by atoms with Gasteiger partial charge in [0.15, 0.2) is 0 Å². The predicted molar refractivity (Wildman–Crippen MR) is 122 cm³/mol. The van der Waals surface area contributed by atoms with Gasteiger partial charge in [0.1, 0.15) is 0 Å². The highest BCUT2D eigenvalue weighted by molar-refractivity contribution is 5.24. The summed E-state index contributed by atoms with van der Waals surface area (Å²) < 4.78 is 0. The smallest absolute Gasteiger partial charge is 0.0234 e. The molecule has 2 heterocycles. The first-order valence-corrected chi connectivity index (χ1v) is 11.4. The second-order valence-electron chi connectivity index (χ2n) is 9.31. The number of piperidine rings is 1. The Bertz CT molecular complexity index is 754. The van der Waals surface area contributed by atoms with E-state index in [1.54, 1.807) is 0 Å². The Morgan fingerprint density at radius 3 is 2.03 bits per heavy atom. The van der Waals surface area contributed by atoms with E-state index in [9.17, 15) is 0 Å². The van der Waals surface area contributed by atoms with Crippen molar-refractivity contribution in [1.29, 1.82) is 0 Å². The molecule has 156 valence electrons. The van der Waals surface area contributed by atoms with Crippen LogP contribution in [0.4, 0.5) is 0 Å². The lowest BCUT2D eigenvalue weighted by Gasteiger charge is -2.32. The van der Waals surface area contributed by atoms with Crippen LogP contribution in [0, 0.1) is 12.8 Å². The molecule has 2 saturated heterocycles. The van der Waals surface area contributed by atoms with E-state index in [2.05, 4.69) is 77.2 Å². The van der Waals surface area contributed by atoms with Gasteiger partial charge in [0.05, 0.1) is 0 Å². The zero-order valence-corrected chi connectivity index (χ0v) is 18.3. The topological polar surface area (TPSA) is 9.72 Å². The van der Waals surface area contributed by atoms with Gasteiger partial charge in [-0.2, -0.15) is 0 Å². The van der Waals surface area contributed by atoms with Crippen LogP contribution in [0.2, 0.25) is 0 Å². The summed E-state index contributed by atoms with van der Waals surface area (Å²) in [5.41, 5.74) is 5.81. The van der Waals surface area contributed by atoms with Gasteiger partial charge in [-0.25, -0.2) is 0 Å². The number of benzene rings is 2. The van der Waals surface area contributed by atoms with Crippen molar-refractivity contribution >= 4 is 0 Å². The number of rotatable bonds is 6. The highest BCUT2D eigenvalue weighted by atomic mass is 15.2. The Morgan fingerprint density at radius 2 is 1.34 bits per heavy atom. The molecular formula is C26H37N3. The van der Waals surface area contributed by atoms with E-state index in [4.69, 9.17) is 0 Å². The van der Waals surface area contributed by atoms with Crippen LogP contribution in [0.5, 0.6) is 0 Å². The van der Waals surface area contributed by atoms with Crippen LogP contribution in [0.3, 0.4) is 0 Å². The number of hydrogen-bond donors (Lipinski definition) is 0. The Kier molecular flexibility index (Phi) is 7.02. The fourth-order valence-electron chi connectivity index (χ4n) is 4.80. The monoisotopic (exact) mass is 391 g/mol. The minimum absolute atomic E-state index is 0.840. The number of nitrogens with zero attached hydrogens (tertiary/aromatic N) is 3. The molecule has 2 aromatic carbocycles. The number of aryl methyl sites for hydroxylation is 1. The first kappa shape index (κ1) is 20.6. The largest absolute Gasteiger partial charge is 0.304 e. The molecule has 2 fully saturated rings. The average molecular weight is 392 g/mol. The van der Waals surface area contributed by atoms with Gasteiger partial charge < -0.3 is 4.90 Å². The summed E-state index contributed by atoms with van der Waals surface area (Å²) >= 11 is 0. The fraction of sp³-hybridized carbons (Fsp3) is 0.538. The summed E-state index contributed by atoms with van der Waals surface area (Å²) in [7, 11) is 2.22. The summed E-state index contributed by atoms with van der Waals surface area (Å²) in [6.45, 7) is 11.6. The molecule has 0 spiro atoms. The number of likely N-dealkylation sites (N-methyl/N-ethyl adjacent to an activating group) is 1. The van der Waals surface area contributed by atoms with Crippen molar-refractivity contribution in [3.05, 3.63) is 70.8 Å². The molecule has 3 nitrogen and oxygen atoms in total. The summed E-state index contributed by atoms with van der Waals surface area (Å²) in [6, 6.07) is 18.5. The molecule has 4 rings (SSSR count). The molecule has 0 N–H and O–H groups in total. The third-order valence-electron chi connectivity index (χ3n) is 6.75. The van der Waals surface area contributed by atoms with Crippen LogP contribution in [-0.2, 0) is 19.5 Å². The maximum absolute atomic E-state index is 2.63. The molecule has 2 aliphatic heterocycles. The Hall–Kier alpha value is -1.68. The van der Waals surface area contributed by atoms with E-state index in [1.165, 1.54) is 80.8 Å². The Morgan fingerprint density at radius 1 is 0.724 bits per heavy atom. The molecule has 0 unspecified atom stereocenters. The maximum atomic E-state index is 2.63. The van der Waals surface area contributed by atoms with Crippen LogP contribution >= 0.6 is 0 Å². The molecular weight excluding hydrogens is 354 g/mol. The van der Waals surface area contributed by atoms with Crippen molar-refractivity contribution in [2.24, 2.45) is 5.92 Å². The van der Waals surface area contributed by atoms with E-state index in [-0.39, 0.29) is 0 Å². The van der Waals surface area contributed by atoms with Crippen LogP contribution in [-0.4, -0.2) is 61.0 Å². The van der Waals surface area contributed by atoms with Crippen molar-refractivity contribution < 1.29 is 0 Å². The van der Waals surface area contributed by atoms with E-state index < -0.39 is 0 Å². The number of likely N-dealkylation sites (tertiary alicyclic amines) is 1. The summed E-state index contributed by atoms with van der Waals surface area (Å²) in [4.78, 5) is 7.63. The average Bonchev–Trinajstić information content (AvgIpc) is 2.73. The number of hydrogen-bond acceptors (Lipinski definition) is 3. The minimum Gasteiger partial charge on any atom is -0.304 e. The molecule has 0 bridgehead atoms. The summed E-state index contributed by atoms with van der Waals surface area (Å²) in [5, 5.41) is 0. The first-order valence-electron chi connectivity index (χ1n) is 11.4. The van der Waals surface area contributed by atoms with Crippen LogP contribution < -0.4 is 0 Å². The second-order valence-corrected chi connectivity index (χ2v) is 9.31. The summed E-state index contributed by atoms with van der Waals surface area (Å²) in [5.74, 6) is 0.840. The molecule has 0 radical (unpaired) electrons. The molecule has 0 aromatic heterocycles. The van der Waals surface area contributed by atoms with Gasteiger partial charge in [0.25, 0.3) is 0 Å². The lowest BCUT2D eigenvalue weighted by Crippen LogP contribution is -2.43. The zero-order chi connectivity index (χ0) is 20.1. The van der Waals surface area contributed by atoms with Crippen molar-refractivity contribution in [3.8, 4) is 0 Å². The van der Waals surface area contributed by atoms with Gasteiger partial charge in [-0.1, -0.05) is 54.1 Å². The van der Waals surface area contributed by atoms with Crippen molar-refractivity contribution in [3.63, 3.8) is 0 Å². The predicted octanol–water partition coefficient (Wildman–Crippen LogP) is 4.20.